The molecule has 2 rings (SSSR count). The van der Waals surface area contributed by atoms with Crippen molar-refractivity contribution >= 4 is 15.9 Å². The summed E-state index contributed by atoms with van der Waals surface area (Å²) in [5.41, 5.74) is 7.66. The Bertz CT molecular complexity index is 564. The zero-order valence-electron chi connectivity index (χ0n) is 9.75. The maximum Gasteiger partial charge on any atom is 0.142 e. The van der Waals surface area contributed by atoms with Crippen LogP contribution in [0.3, 0.4) is 0 Å². The van der Waals surface area contributed by atoms with Crippen LogP contribution in [0.15, 0.2) is 40.9 Å². The van der Waals surface area contributed by atoms with Gasteiger partial charge >= 0.3 is 0 Å². The van der Waals surface area contributed by atoms with E-state index in [0.29, 0.717) is 15.6 Å². The summed E-state index contributed by atoms with van der Waals surface area (Å²) in [5.74, 6) is -0.775. The topological polar surface area (TPSA) is 26.0 Å². The third-order valence-electron chi connectivity index (χ3n) is 2.74. The predicted molar refractivity (Wildman–Crippen MR) is 71.3 cm³/mol. The lowest BCUT2D eigenvalue weighted by molar-refractivity contribution is 0.590. The zero-order chi connectivity index (χ0) is 13.3. The highest BCUT2D eigenvalue weighted by Crippen LogP contribution is 2.27. The Morgan fingerprint density at radius 3 is 2.56 bits per heavy atom. The first-order chi connectivity index (χ1) is 8.49. The molecule has 2 aromatic carbocycles. The summed E-state index contributed by atoms with van der Waals surface area (Å²) in [6.45, 7) is 1.77. The first-order valence-corrected chi connectivity index (χ1v) is 6.25. The van der Waals surface area contributed by atoms with E-state index < -0.39 is 11.9 Å². The third-order valence-corrected chi connectivity index (χ3v) is 3.35. The lowest BCUT2D eigenvalue weighted by atomic mass is 9.97. The summed E-state index contributed by atoms with van der Waals surface area (Å²) in [5, 5.41) is 0. The van der Waals surface area contributed by atoms with Crippen molar-refractivity contribution in [3.8, 4) is 0 Å². The minimum Gasteiger partial charge on any atom is -0.320 e. The SMILES string of the molecule is Cc1cc(F)cc(C(N)c2cccc(Br)c2F)c1. The van der Waals surface area contributed by atoms with Gasteiger partial charge in [0.2, 0.25) is 0 Å². The zero-order valence-corrected chi connectivity index (χ0v) is 11.3. The highest BCUT2D eigenvalue weighted by atomic mass is 79.9. The van der Waals surface area contributed by atoms with Gasteiger partial charge in [0.05, 0.1) is 10.5 Å². The van der Waals surface area contributed by atoms with Crippen molar-refractivity contribution < 1.29 is 8.78 Å². The van der Waals surface area contributed by atoms with Crippen LogP contribution in [-0.2, 0) is 0 Å². The number of nitrogens with two attached hydrogens (primary N) is 1. The molecule has 2 aromatic rings. The third kappa shape index (κ3) is 2.60. The Hall–Kier alpha value is -1.26. The highest BCUT2D eigenvalue weighted by molar-refractivity contribution is 9.10. The van der Waals surface area contributed by atoms with Gasteiger partial charge < -0.3 is 5.73 Å². The molecule has 1 nitrogen and oxygen atoms in total. The van der Waals surface area contributed by atoms with E-state index in [2.05, 4.69) is 15.9 Å². The van der Waals surface area contributed by atoms with Crippen molar-refractivity contribution in [1.29, 1.82) is 0 Å². The normalized spacial score (nSPS) is 12.5. The van der Waals surface area contributed by atoms with E-state index >= 15 is 0 Å². The molecule has 0 bridgehead atoms. The summed E-state index contributed by atoms with van der Waals surface area (Å²) in [6.07, 6.45) is 0. The lowest BCUT2D eigenvalue weighted by Gasteiger charge is -2.15. The minimum absolute atomic E-state index is 0.342. The van der Waals surface area contributed by atoms with Crippen molar-refractivity contribution in [1.82, 2.24) is 0 Å². The number of benzene rings is 2. The summed E-state index contributed by atoms with van der Waals surface area (Å²) < 4.78 is 27.6. The van der Waals surface area contributed by atoms with Crippen molar-refractivity contribution in [3.63, 3.8) is 0 Å². The standard InChI is InChI=1S/C14H12BrF2N/c1-8-5-9(7-10(16)6-8)14(18)11-3-2-4-12(15)13(11)17/h2-7,14H,18H2,1H3. The second-order valence-electron chi connectivity index (χ2n) is 4.18. The van der Waals surface area contributed by atoms with Gasteiger partial charge in [-0.05, 0) is 52.2 Å². The van der Waals surface area contributed by atoms with E-state index in [1.165, 1.54) is 12.1 Å². The van der Waals surface area contributed by atoms with E-state index in [9.17, 15) is 8.78 Å². The molecule has 94 valence electrons. The van der Waals surface area contributed by atoms with Crippen molar-refractivity contribution in [3.05, 3.63) is 69.2 Å². The van der Waals surface area contributed by atoms with Gasteiger partial charge in [0, 0.05) is 5.56 Å². The molecule has 0 heterocycles. The molecule has 2 N–H and O–H groups in total. The summed E-state index contributed by atoms with van der Waals surface area (Å²) >= 11 is 3.11. The van der Waals surface area contributed by atoms with E-state index in [0.717, 1.165) is 5.56 Å². The molecule has 0 saturated carbocycles. The maximum absolute atomic E-state index is 13.9. The summed E-state index contributed by atoms with van der Waals surface area (Å²) in [7, 11) is 0. The van der Waals surface area contributed by atoms with Gasteiger partial charge in [0.25, 0.3) is 0 Å². The van der Waals surface area contributed by atoms with Crippen molar-refractivity contribution in [2.24, 2.45) is 5.73 Å². The van der Waals surface area contributed by atoms with Gasteiger partial charge in [-0.15, -0.1) is 0 Å². The first-order valence-electron chi connectivity index (χ1n) is 5.45. The molecule has 0 spiro atoms. The van der Waals surface area contributed by atoms with Crippen molar-refractivity contribution in [2.75, 3.05) is 0 Å². The van der Waals surface area contributed by atoms with Crippen LogP contribution in [0.2, 0.25) is 0 Å². The molecule has 0 aliphatic carbocycles. The molecule has 1 unspecified atom stereocenters. The molecular formula is C14H12BrF2N. The van der Waals surface area contributed by atoms with Crippen LogP contribution in [0.4, 0.5) is 8.78 Å². The largest absolute Gasteiger partial charge is 0.320 e. The maximum atomic E-state index is 13.9. The van der Waals surface area contributed by atoms with E-state index in [-0.39, 0.29) is 5.82 Å². The van der Waals surface area contributed by atoms with Crippen LogP contribution in [0.1, 0.15) is 22.7 Å². The first kappa shape index (κ1) is 13.2. The van der Waals surface area contributed by atoms with Gasteiger partial charge in [0.15, 0.2) is 0 Å². The summed E-state index contributed by atoms with van der Waals surface area (Å²) in [4.78, 5) is 0. The average molecular weight is 312 g/mol. The fourth-order valence-electron chi connectivity index (χ4n) is 1.88. The van der Waals surface area contributed by atoms with E-state index in [1.54, 1.807) is 31.2 Å². The van der Waals surface area contributed by atoms with Crippen LogP contribution in [0, 0.1) is 18.6 Å². The van der Waals surface area contributed by atoms with Crippen LogP contribution in [-0.4, -0.2) is 0 Å². The monoisotopic (exact) mass is 311 g/mol. The Morgan fingerprint density at radius 2 is 1.89 bits per heavy atom. The number of hydrogen-bond donors (Lipinski definition) is 1. The Labute approximate surface area is 113 Å². The van der Waals surface area contributed by atoms with Gasteiger partial charge in [0.1, 0.15) is 11.6 Å². The number of aryl methyl sites for hydroxylation is 1. The fourth-order valence-corrected chi connectivity index (χ4v) is 2.27. The van der Waals surface area contributed by atoms with Crippen LogP contribution in [0.25, 0.3) is 0 Å². The van der Waals surface area contributed by atoms with Crippen LogP contribution >= 0.6 is 15.9 Å². The smallest absolute Gasteiger partial charge is 0.142 e. The molecule has 0 amide bonds. The molecule has 0 aromatic heterocycles. The number of hydrogen-bond acceptors (Lipinski definition) is 1. The second kappa shape index (κ2) is 5.16. The lowest BCUT2D eigenvalue weighted by Crippen LogP contribution is -2.14. The molecular weight excluding hydrogens is 300 g/mol. The molecule has 0 fully saturated rings. The molecule has 0 aliphatic heterocycles. The second-order valence-corrected chi connectivity index (χ2v) is 5.04. The average Bonchev–Trinajstić information content (AvgIpc) is 2.30. The Balaban J connectivity index is 2.47. The van der Waals surface area contributed by atoms with E-state index in [4.69, 9.17) is 5.73 Å². The van der Waals surface area contributed by atoms with E-state index in [1.807, 2.05) is 0 Å². The predicted octanol–water partition coefficient (Wildman–Crippen LogP) is 4.08. The Morgan fingerprint density at radius 1 is 1.17 bits per heavy atom. The quantitative estimate of drug-likeness (QED) is 0.888. The molecule has 0 aliphatic rings. The van der Waals surface area contributed by atoms with Gasteiger partial charge in [-0.3, -0.25) is 0 Å². The minimum atomic E-state index is -0.683. The number of rotatable bonds is 2. The molecule has 0 saturated heterocycles. The van der Waals surface area contributed by atoms with Crippen LogP contribution in [0.5, 0.6) is 0 Å². The highest BCUT2D eigenvalue weighted by Gasteiger charge is 2.16. The van der Waals surface area contributed by atoms with Gasteiger partial charge in [-0.1, -0.05) is 18.2 Å². The molecule has 1 atom stereocenters. The van der Waals surface area contributed by atoms with Crippen molar-refractivity contribution in [2.45, 2.75) is 13.0 Å². The Kier molecular flexibility index (Phi) is 3.78. The fraction of sp³-hybridized carbons (Fsp3) is 0.143. The summed E-state index contributed by atoms with van der Waals surface area (Å²) in [6, 6.07) is 8.72. The molecule has 0 radical (unpaired) electrons. The van der Waals surface area contributed by atoms with Gasteiger partial charge in [-0.2, -0.15) is 0 Å². The molecule has 4 heteroatoms. The van der Waals surface area contributed by atoms with Crippen LogP contribution < -0.4 is 5.73 Å². The molecule has 18 heavy (non-hydrogen) atoms. The van der Waals surface area contributed by atoms with Gasteiger partial charge in [-0.25, -0.2) is 8.78 Å². The number of halogens is 3.